The lowest BCUT2D eigenvalue weighted by Crippen LogP contribution is -1.98. The quantitative estimate of drug-likeness (QED) is 0.680. The highest BCUT2D eigenvalue weighted by molar-refractivity contribution is 7.98. The number of hydrogen-bond donors (Lipinski definition) is 0. The van der Waals surface area contributed by atoms with Gasteiger partial charge in [0.05, 0.1) is 18.2 Å². The first-order chi connectivity index (χ1) is 10.3. The van der Waals surface area contributed by atoms with Crippen LogP contribution in [0.3, 0.4) is 0 Å². The van der Waals surface area contributed by atoms with Gasteiger partial charge in [0.1, 0.15) is 5.75 Å². The van der Waals surface area contributed by atoms with E-state index < -0.39 is 0 Å². The summed E-state index contributed by atoms with van der Waals surface area (Å²) < 4.78 is 5.63. The van der Waals surface area contributed by atoms with Crippen LogP contribution in [0.5, 0.6) is 5.75 Å². The minimum absolute atomic E-state index is 0.701. The van der Waals surface area contributed by atoms with Crippen LogP contribution in [0.1, 0.15) is 17.5 Å². The molecule has 0 aliphatic heterocycles. The first kappa shape index (κ1) is 15.8. The number of ether oxygens (including phenoxy) is 1. The summed E-state index contributed by atoms with van der Waals surface area (Å²) in [6.45, 7) is 0.701. The van der Waals surface area contributed by atoms with E-state index in [4.69, 9.17) is 21.6 Å². The summed E-state index contributed by atoms with van der Waals surface area (Å²) in [5.41, 5.74) is 1.91. The molecule has 2 aromatic rings. The molecule has 0 atom stereocenters. The van der Waals surface area contributed by atoms with E-state index in [1.807, 2.05) is 54.2 Å². The van der Waals surface area contributed by atoms with Crippen molar-refractivity contribution in [3.63, 3.8) is 0 Å². The molecule has 0 saturated heterocycles. The lowest BCUT2D eigenvalue weighted by molar-refractivity contribution is 0.318. The van der Waals surface area contributed by atoms with Gasteiger partial charge in [-0.25, -0.2) is 0 Å². The van der Waals surface area contributed by atoms with E-state index in [9.17, 15) is 0 Å². The van der Waals surface area contributed by atoms with Crippen molar-refractivity contribution in [2.24, 2.45) is 0 Å². The van der Waals surface area contributed by atoms with Crippen LogP contribution in [0.2, 0.25) is 5.02 Å². The maximum Gasteiger partial charge on any atom is 0.119 e. The molecule has 0 amide bonds. The van der Waals surface area contributed by atoms with Crippen LogP contribution < -0.4 is 4.74 Å². The first-order valence-electron chi connectivity index (χ1n) is 6.73. The van der Waals surface area contributed by atoms with E-state index in [-0.39, 0.29) is 0 Å². The van der Waals surface area contributed by atoms with E-state index in [2.05, 4.69) is 12.1 Å². The first-order valence-corrected chi connectivity index (χ1v) is 8.26. The number of nitrogens with zero attached hydrogens (tertiary/aromatic N) is 1. The molecule has 0 bridgehead atoms. The van der Waals surface area contributed by atoms with Gasteiger partial charge in [-0.3, -0.25) is 0 Å². The van der Waals surface area contributed by atoms with Gasteiger partial charge < -0.3 is 4.74 Å². The van der Waals surface area contributed by atoms with Crippen molar-refractivity contribution in [1.82, 2.24) is 0 Å². The Morgan fingerprint density at radius 2 is 1.95 bits per heavy atom. The van der Waals surface area contributed by atoms with Crippen molar-refractivity contribution >= 4 is 23.4 Å². The van der Waals surface area contributed by atoms with Gasteiger partial charge in [-0.05, 0) is 54.1 Å². The molecule has 21 heavy (non-hydrogen) atoms. The van der Waals surface area contributed by atoms with Gasteiger partial charge in [0.25, 0.3) is 0 Å². The van der Waals surface area contributed by atoms with Gasteiger partial charge in [0.15, 0.2) is 0 Å². The number of nitriles is 1. The summed E-state index contributed by atoms with van der Waals surface area (Å²) in [6, 6.07) is 17.3. The molecule has 0 aliphatic carbocycles. The highest BCUT2D eigenvalue weighted by Gasteiger charge is 1.97. The largest absolute Gasteiger partial charge is 0.494 e. The Balaban J connectivity index is 1.62. The second kappa shape index (κ2) is 8.61. The summed E-state index contributed by atoms with van der Waals surface area (Å²) in [5, 5.41) is 9.57. The second-order valence-corrected chi connectivity index (χ2v) is 6.06. The molecule has 0 spiro atoms. The standard InChI is InChI=1S/C17H16ClNOS/c18-16-5-7-17(8-6-16)20-9-2-10-21-13-15-4-1-3-14(11-15)12-19/h1,3-8,11H,2,9-10,13H2. The highest BCUT2D eigenvalue weighted by atomic mass is 35.5. The lowest BCUT2D eigenvalue weighted by Gasteiger charge is -2.06. The third-order valence-corrected chi connectivity index (χ3v) is 4.21. The van der Waals surface area contributed by atoms with Crippen LogP contribution >= 0.6 is 23.4 Å². The fraction of sp³-hybridized carbons (Fsp3) is 0.235. The van der Waals surface area contributed by atoms with Crippen molar-refractivity contribution in [1.29, 1.82) is 5.26 Å². The Labute approximate surface area is 134 Å². The molecule has 108 valence electrons. The molecule has 4 heteroatoms. The van der Waals surface area contributed by atoms with Gasteiger partial charge in [0, 0.05) is 10.8 Å². The van der Waals surface area contributed by atoms with Gasteiger partial charge in [-0.1, -0.05) is 23.7 Å². The minimum atomic E-state index is 0.701. The van der Waals surface area contributed by atoms with E-state index in [1.54, 1.807) is 0 Å². The Bertz CT molecular complexity index is 607. The van der Waals surface area contributed by atoms with Gasteiger partial charge in [0.2, 0.25) is 0 Å². The smallest absolute Gasteiger partial charge is 0.119 e. The number of hydrogen-bond acceptors (Lipinski definition) is 3. The monoisotopic (exact) mass is 317 g/mol. The molecule has 0 aliphatic rings. The molecule has 0 radical (unpaired) electrons. The zero-order valence-corrected chi connectivity index (χ0v) is 13.2. The Kier molecular flexibility index (Phi) is 6.46. The molecule has 0 N–H and O–H groups in total. The summed E-state index contributed by atoms with van der Waals surface area (Å²) in [5.74, 6) is 2.81. The van der Waals surface area contributed by atoms with Crippen molar-refractivity contribution < 1.29 is 4.74 Å². The average molecular weight is 318 g/mol. The molecule has 0 saturated carbocycles. The van der Waals surface area contributed by atoms with Crippen LogP contribution in [-0.4, -0.2) is 12.4 Å². The highest BCUT2D eigenvalue weighted by Crippen LogP contribution is 2.17. The van der Waals surface area contributed by atoms with Crippen LogP contribution in [0, 0.1) is 11.3 Å². The van der Waals surface area contributed by atoms with Crippen molar-refractivity contribution in [2.75, 3.05) is 12.4 Å². The van der Waals surface area contributed by atoms with Crippen molar-refractivity contribution in [3.8, 4) is 11.8 Å². The van der Waals surface area contributed by atoms with Crippen molar-refractivity contribution in [2.45, 2.75) is 12.2 Å². The normalized spacial score (nSPS) is 10.1. The maximum absolute atomic E-state index is 8.85. The van der Waals surface area contributed by atoms with Crippen molar-refractivity contribution in [3.05, 3.63) is 64.7 Å². The Hall–Kier alpha value is -1.63. The molecule has 0 fully saturated rings. The second-order valence-electron chi connectivity index (χ2n) is 4.52. The predicted octanol–water partition coefficient (Wildman–Crippen LogP) is 4.91. The van der Waals surface area contributed by atoms with E-state index in [1.165, 1.54) is 5.56 Å². The molecule has 2 nitrogen and oxygen atoms in total. The summed E-state index contributed by atoms with van der Waals surface area (Å²) >= 11 is 7.67. The number of halogens is 1. The minimum Gasteiger partial charge on any atom is -0.494 e. The van der Waals surface area contributed by atoms with E-state index in [0.29, 0.717) is 6.61 Å². The average Bonchev–Trinajstić information content (AvgIpc) is 2.52. The molecule has 0 unspecified atom stereocenters. The van der Waals surface area contributed by atoms with E-state index in [0.717, 1.165) is 34.3 Å². The molecule has 2 aromatic carbocycles. The zero-order valence-electron chi connectivity index (χ0n) is 11.6. The Morgan fingerprint density at radius 3 is 2.71 bits per heavy atom. The maximum atomic E-state index is 8.85. The molecular formula is C17H16ClNOS. The van der Waals surface area contributed by atoms with E-state index >= 15 is 0 Å². The molecule has 0 aromatic heterocycles. The zero-order chi connectivity index (χ0) is 14.9. The SMILES string of the molecule is N#Cc1cccc(CSCCCOc2ccc(Cl)cc2)c1. The fourth-order valence-corrected chi connectivity index (χ4v) is 2.81. The van der Waals surface area contributed by atoms with Crippen LogP contribution in [0.25, 0.3) is 0 Å². The molecular weight excluding hydrogens is 302 g/mol. The fourth-order valence-electron chi connectivity index (χ4n) is 1.80. The van der Waals surface area contributed by atoms with Crippen LogP contribution in [0.4, 0.5) is 0 Å². The number of rotatable bonds is 7. The number of benzene rings is 2. The van der Waals surface area contributed by atoms with Gasteiger partial charge in [-0.15, -0.1) is 0 Å². The summed E-state index contributed by atoms with van der Waals surface area (Å²) in [4.78, 5) is 0. The van der Waals surface area contributed by atoms with Gasteiger partial charge in [-0.2, -0.15) is 17.0 Å². The lowest BCUT2D eigenvalue weighted by atomic mass is 10.2. The summed E-state index contributed by atoms with van der Waals surface area (Å²) in [6.07, 6.45) is 0.991. The summed E-state index contributed by atoms with van der Waals surface area (Å²) in [7, 11) is 0. The third kappa shape index (κ3) is 5.71. The number of thioether (sulfide) groups is 1. The predicted molar refractivity (Wildman–Crippen MR) is 88.9 cm³/mol. The topological polar surface area (TPSA) is 33.0 Å². The van der Waals surface area contributed by atoms with Crippen LogP contribution in [0.15, 0.2) is 48.5 Å². The third-order valence-electron chi connectivity index (χ3n) is 2.84. The van der Waals surface area contributed by atoms with Gasteiger partial charge >= 0.3 is 0 Å². The van der Waals surface area contributed by atoms with Crippen LogP contribution in [-0.2, 0) is 5.75 Å². The molecule has 0 heterocycles. The molecule has 2 rings (SSSR count). The Morgan fingerprint density at radius 1 is 1.14 bits per heavy atom.